The molecule has 0 radical (unpaired) electrons. The van der Waals surface area contributed by atoms with Crippen LogP contribution in [0.4, 0.5) is 4.39 Å². The highest BCUT2D eigenvalue weighted by Crippen LogP contribution is 2.19. The lowest BCUT2D eigenvalue weighted by Crippen LogP contribution is -2.13. The lowest BCUT2D eigenvalue weighted by molar-refractivity contribution is -0.141. The molecule has 0 saturated heterocycles. The number of carbonyl (C=O) groups is 1. The molecule has 0 aliphatic heterocycles. The minimum atomic E-state index is -0.740. The van der Waals surface area contributed by atoms with E-state index in [4.69, 9.17) is 5.11 Å². The Labute approximate surface area is 108 Å². The van der Waals surface area contributed by atoms with Gasteiger partial charge in [0.15, 0.2) is 0 Å². The van der Waals surface area contributed by atoms with Gasteiger partial charge in [-0.25, -0.2) is 4.39 Å². The molecule has 2 unspecified atom stereocenters. The average molecular weight is 252 g/mol. The molecule has 1 aromatic rings. The van der Waals surface area contributed by atoms with Gasteiger partial charge in [-0.1, -0.05) is 38.5 Å². The van der Waals surface area contributed by atoms with Crippen molar-refractivity contribution in [3.63, 3.8) is 0 Å². The fourth-order valence-corrected chi connectivity index (χ4v) is 2.16. The molecule has 0 aromatic heterocycles. The van der Waals surface area contributed by atoms with Gasteiger partial charge in [-0.3, -0.25) is 4.79 Å². The van der Waals surface area contributed by atoms with Crippen LogP contribution in [-0.2, 0) is 11.2 Å². The summed E-state index contributed by atoms with van der Waals surface area (Å²) in [7, 11) is 0. The first-order chi connectivity index (χ1) is 8.50. The van der Waals surface area contributed by atoms with Crippen molar-refractivity contribution in [2.45, 2.75) is 39.5 Å². The molecule has 0 fully saturated rings. The van der Waals surface area contributed by atoms with Gasteiger partial charge in [0.25, 0.3) is 0 Å². The third kappa shape index (κ3) is 4.86. The number of aliphatic carboxylic acids is 1. The topological polar surface area (TPSA) is 37.3 Å². The molecule has 1 rings (SSSR count). The molecular weight excluding hydrogens is 231 g/mol. The van der Waals surface area contributed by atoms with Gasteiger partial charge in [-0.05, 0) is 36.8 Å². The summed E-state index contributed by atoms with van der Waals surface area (Å²) in [6.45, 7) is 3.79. The highest BCUT2D eigenvalue weighted by molar-refractivity contribution is 5.69. The molecule has 0 aliphatic rings. The van der Waals surface area contributed by atoms with Gasteiger partial charge in [0.05, 0.1) is 5.92 Å². The Morgan fingerprint density at radius 2 is 2.00 bits per heavy atom. The van der Waals surface area contributed by atoms with Crippen LogP contribution in [0, 0.1) is 17.7 Å². The van der Waals surface area contributed by atoms with Gasteiger partial charge in [-0.15, -0.1) is 0 Å². The number of hydrogen-bond acceptors (Lipinski definition) is 1. The van der Waals surface area contributed by atoms with Crippen molar-refractivity contribution in [2.75, 3.05) is 0 Å². The highest BCUT2D eigenvalue weighted by Gasteiger charge is 2.14. The van der Waals surface area contributed by atoms with Crippen LogP contribution >= 0.6 is 0 Å². The van der Waals surface area contributed by atoms with Gasteiger partial charge < -0.3 is 5.11 Å². The number of benzene rings is 1. The lowest BCUT2D eigenvalue weighted by Gasteiger charge is -2.14. The number of halogens is 1. The zero-order chi connectivity index (χ0) is 13.5. The predicted octanol–water partition coefficient (Wildman–Crippen LogP) is 3.90. The molecule has 0 amide bonds. The Bertz CT molecular complexity index is 390. The second-order valence-electron chi connectivity index (χ2n) is 5.06. The van der Waals surface area contributed by atoms with Crippen molar-refractivity contribution >= 4 is 5.97 Å². The van der Waals surface area contributed by atoms with E-state index in [0.717, 1.165) is 24.8 Å². The maximum absolute atomic E-state index is 13.4. The van der Waals surface area contributed by atoms with Gasteiger partial charge in [0.2, 0.25) is 0 Å². The minimum absolute atomic E-state index is 0.149. The second kappa shape index (κ2) is 7.14. The van der Waals surface area contributed by atoms with E-state index in [0.29, 0.717) is 12.3 Å². The normalized spacial score (nSPS) is 14.2. The molecule has 2 nitrogen and oxygen atoms in total. The summed E-state index contributed by atoms with van der Waals surface area (Å²) in [4.78, 5) is 10.7. The molecule has 0 heterocycles. The van der Waals surface area contributed by atoms with Crippen LogP contribution in [0.1, 0.15) is 38.7 Å². The molecular formula is C15H21FO2. The molecule has 0 saturated carbocycles. The number of hydrogen-bond donors (Lipinski definition) is 1. The van der Waals surface area contributed by atoms with E-state index in [9.17, 15) is 9.18 Å². The summed E-state index contributed by atoms with van der Waals surface area (Å²) in [5.41, 5.74) is 0.746. The first kappa shape index (κ1) is 14.7. The molecule has 0 bridgehead atoms. The van der Waals surface area contributed by atoms with E-state index in [1.54, 1.807) is 19.1 Å². The van der Waals surface area contributed by atoms with Crippen molar-refractivity contribution in [2.24, 2.45) is 11.8 Å². The van der Waals surface area contributed by atoms with Gasteiger partial charge in [0, 0.05) is 0 Å². The van der Waals surface area contributed by atoms with Crippen molar-refractivity contribution in [1.29, 1.82) is 0 Å². The fraction of sp³-hybridized carbons (Fsp3) is 0.533. The Morgan fingerprint density at radius 3 is 2.61 bits per heavy atom. The summed E-state index contributed by atoms with van der Waals surface area (Å²) in [6, 6.07) is 6.81. The Kier molecular flexibility index (Phi) is 5.83. The van der Waals surface area contributed by atoms with Crippen LogP contribution in [-0.4, -0.2) is 11.1 Å². The highest BCUT2D eigenvalue weighted by atomic mass is 19.1. The van der Waals surface area contributed by atoms with Gasteiger partial charge in [0.1, 0.15) is 5.82 Å². The molecule has 1 aromatic carbocycles. The van der Waals surface area contributed by atoms with Crippen molar-refractivity contribution in [1.82, 2.24) is 0 Å². The summed E-state index contributed by atoms with van der Waals surface area (Å²) in [5.74, 6) is -0.823. The zero-order valence-electron chi connectivity index (χ0n) is 11.0. The summed E-state index contributed by atoms with van der Waals surface area (Å²) >= 11 is 0. The van der Waals surface area contributed by atoms with Gasteiger partial charge in [-0.2, -0.15) is 0 Å². The van der Waals surface area contributed by atoms with Crippen LogP contribution < -0.4 is 0 Å². The number of rotatable bonds is 7. The first-order valence-electron chi connectivity index (χ1n) is 6.47. The summed E-state index contributed by atoms with van der Waals surface area (Å²) in [5, 5.41) is 8.82. The Morgan fingerprint density at radius 1 is 1.33 bits per heavy atom. The summed E-state index contributed by atoms with van der Waals surface area (Å²) in [6.07, 6.45) is 3.24. The number of carboxylic acid groups (broad SMARTS) is 1. The molecule has 0 aliphatic carbocycles. The van der Waals surface area contributed by atoms with Crippen LogP contribution in [0.15, 0.2) is 24.3 Å². The monoisotopic (exact) mass is 252 g/mol. The molecule has 2 atom stereocenters. The number of carboxylic acids is 1. The maximum atomic E-state index is 13.4. The van der Waals surface area contributed by atoms with E-state index in [1.165, 1.54) is 6.07 Å². The standard InChI is InChI=1S/C15H21FO2/c1-11(10-12(2)15(17)18)6-5-8-13-7-3-4-9-14(13)16/h3-4,7,9,11-12H,5-6,8,10H2,1-2H3,(H,17,18). The van der Waals surface area contributed by atoms with Crippen molar-refractivity contribution < 1.29 is 14.3 Å². The van der Waals surface area contributed by atoms with E-state index < -0.39 is 5.97 Å². The molecule has 3 heteroatoms. The smallest absolute Gasteiger partial charge is 0.306 e. The SMILES string of the molecule is CC(CCCc1ccccc1F)CC(C)C(=O)O. The molecule has 100 valence electrons. The minimum Gasteiger partial charge on any atom is -0.481 e. The van der Waals surface area contributed by atoms with Crippen LogP contribution in [0.5, 0.6) is 0 Å². The third-order valence-electron chi connectivity index (χ3n) is 3.28. The van der Waals surface area contributed by atoms with Crippen LogP contribution in [0.2, 0.25) is 0 Å². The first-order valence-corrected chi connectivity index (χ1v) is 6.47. The van der Waals surface area contributed by atoms with E-state index in [-0.39, 0.29) is 11.7 Å². The number of aryl methyl sites for hydroxylation is 1. The van der Waals surface area contributed by atoms with E-state index in [2.05, 4.69) is 6.92 Å². The predicted molar refractivity (Wildman–Crippen MR) is 69.9 cm³/mol. The largest absolute Gasteiger partial charge is 0.481 e. The van der Waals surface area contributed by atoms with Gasteiger partial charge >= 0.3 is 5.97 Å². The van der Waals surface area contributed by atoms with Crippen LogP contribution in [0.25, 0.3) is 0 Å². The van der Waals surface area contributed by atoms with Crippen molar-refractivity contribution in [3.05, 3.63) is 35.6 Å². The maximum Gasteiger partial charge on any atom is 0.306 e. The van der Waals surface area contributed by atoms with E-state index >= 15 is 0 Å². The molecule has 1 N–H and O–H groups in total. The molecule has 0 spiro atoms. The average Bonchev–Trinajstić information content (AvgIpc) is 2.31. The lowest BCUT2D eigenvalue weighted by atomic mass is 9.92. The van der Waals surface area contributed by atoms with E-state index in [1.807, 2.05) is 6.07 Å². The quantitative estimate of drug-likeness (QED) is 0.799. The Hall–Kier alpha value is -1.38. The van der Waals surface area contributed by atoms with Crippen LogP contribution in [0.3, 0.4) is 0 Å². The fourth-order valence-electron chi connectivity index (χ4n) is 2.16. The second-order valence-corrected chi connectivity index (χ2v) is 5.06. The summed E-state index contributed by atoms with van der Waals surface area (Å²) < 4.78 is 13.4. The third-order valence-corrected chi connectivity index (χ3v) is 3.28. The van der Waals surface area contributed by atoms with Crippen molar-refractivity contribution in [3.8, 4) is 0 Å². The zero-order valence-corrected chi connectivity index (χ0v) is 11.0. The molecule has 18 heavy (non-hydrogen) atoms. The Balaban J connectivity index is 2.30.